The number of nitrogens with one attached hydrogen (secondary N) is 1. The first-order chi connectivity index (χ1) is 6.67. The molecule has 0 aliphatic rings. The monoisotopic (exact) mass is 219 g/mol. The lowest BCUT2D eigenvalue weighted by Gasteiger charge is -2.27. The standard InChI is InChI=1S/C10H25NO2Si/c1-6-10(11-3)8-9-14(7-2,12-4)13-5/h10-11H,6-9H2,1-5H3. The van der Waals surface area contributed by atoms with E-state index in [1.165, 1.54) is 0 Å². The third-order valence-electron chi connectivity index (χ3n) is 3.06. The normalized spacial score (nSPS) is 14.4. The van der Waals surface area contributed by atoms with E-state index in [-0.39, 0.29) is 0 Å². The molecule has 0 fully saturated rings. The summed E-state index contributed by atoms with van der Waals surface area (Å²) in [5.74, 6) is 0. The van der Waals surface area contributed by atoms with Crippen molar-refractivity contribution in [2.75, 3.05) is 21.3 Å². The minimum absolute atomic E-state index is 0.596. The molecule has 3 nitrogen and oxygen atoms in total. The highest BCUT2D eigenvalue weighted by Gasteiger charge is 2.33. The van der Waals surface area contributed by atoms with Crippen LogP contribution in [0.2, 0.25) is 12.1 Å². The highest BCUT2D eigenvalue weighted by atomic mass is 28.4. The van der Waals surface area contributed by atoms with Gasteiger partial charge in [0.05, 0.1) is 0 Å². The number of rotatable bonds is 8. The predicted molar refractivity (Wildman–Crippen MR) is 62.8 cm³/mol. The molecule has 0 rings (SSSR count). The van der Waals surface area contributed by atoms with Gasteiger partial charge in [-0.25, -0.2) is 0 Å². The van der Waals surface area contributed by atoms with Crippen LogP contribution in [0.5, 0.6) is 0 Å². The summed E-state index contributed by atoms with van der Waals surface area (Å²) in [5.41, 5.74) is 0. The molecule has 1 unspecified atom stereocenters. The van der Waals surface area contributed by atoms with Gasteiger partial charge in [0.25, 0.3) is 0 Å². The Kier molecular flexibility index (Phi) is 7.45. The second-order valence-corrected chi connectivity index (χ2v) is 7.45. The Balaban J connectivity index is 4.04. The second-order valence-electron chi connectivity index (χ2n) is 3.61. The molecule has 0 bridgehead atoms. The van der Waals surface area contributed by atoms with Crippen molar-refractivity contribution in [1.82, 2.24) is 5.32 Å². The molecule has 0 saturated carbocycles. The Labute approximate surface area is 89.4 Å². The Morgan fingerprint density at radius 2 is 1.79 bits per heavy atom. The van der Waals surface area contributed by atoms with E-state index in [1.54, 1.807) is 14.2 Å². The van der Waals surface area contributed by atoms with Crippen LogP contribution in [0.15, 0.2) is 0 Å². The van der Waals surface area contributed by atoms with Gasteiger partial charge >= 0.3 is 8.56 Å². The molecule has 1 N–H and O–H groups in total. The smallest absolute Gasteiger partial charge is 0.337 e. The van der Waals surface area contributed by atoms with E-state index in [0.717, 1.165) is 24.9 Å². The van der Waals surface area contributed by atoms with Crippen molar-refractivity contribution in [3.8, 4) is 0 Å². The van der Waals surface area contributed by atoms with Crippen molar-refractivity contribution in [2.45, 2.75) is 44.8 Å². The maximum atomic E-state index is 5.56. The van der Waals surface area contributed by atoms with Crippen LogP contribution in [-0.4, -0.2) is 35.9 Å². The van der Waals surface area contributed by atoms with Crippen molar-refractivity contribution in [2.24, 2.45) is 0 Å². The highest BCUT2D eigenvalue weighted by molar-refractivity contribution is 6.67. The van der Waals surface area contributed by atoms with Gasteiger partial charge in [-0.15, -0.1) is 0 Å². The predicted octanol–water partition coefficient (Wildman–Crippen LogP) is 2.13. The van der Waals surface area contributed by atoms with Crippen LogP contribution in [-0.2, 0) is 8.85 Å². The molecule has 0 radical (unpaired) electrons. The summed E-state index contributed by atoms with van der Waals surface area (Å²) < 4.78 is 11.1. The van der Waals surface area contributed by atoms with E-state index >= 15 is 0 Å². The molecule has 0 aliphatic carbocycles. The first-order valence-electron chi connectivity index (χ1n) is 5.45. The summed E-state index contributed by atoms with van der Waals surface area (Å²) in [6.45, 7) is 4.36. The molecule has 0 saturated heterocycles. The van der Waals surface area contributed by atoms with Gasteiger partial charge in [-0.3, -0.25) is 0 Å². The summed E-state index contributed by atoms with van der Waals surface area (Å²) >= 11 is 0. The Morgan fingerprint density at radius 1 is 1.21 bits per heavy atom. The van der Waals surface area contributed by atoms with Crippen LogP contribution >= 0.6 is 0 Å². The topological polar surface area (TPSA) is 30.5 Å². The molecular formula is C10H25NO2Si. The zero-order valence-corrected chi connectivity index (χ0v) is 11.2. The second kappa shape index (κ2) is 7.40. The molecule has 4 heteroatoms. The van der Waals surface area contributed by atoms with Gasteiger partial charge in [-0.05, 0) is 32.0 Å². The minimum atomic E-state index is -1.85. The summed E-state index contributed by atoms with van der Waals surface area (Å²) in [6, 6.07) is 2.70. The Bertz CT molecular complexity index is 128. The molecule has 0 aliphatic heterocycles. The van der Waals surface area contributed by atoms with Gasteiger partial charge in [-0.2, -0.15) is 0 Å². The molecule has 86 valence electrons. The van der Waals surface area contributed by atoms with Crippen molar-refractivity contribution in [3.05, 3.63) is 0 Å². The van der Waals surface area contributed by atoms with Gasteiger partial charge < -0.3 is 14.2 Å². The van der Waals surface area contributed by atoms with Gasteiger partial charge in [0, 0.05) is 20.3 Å². The molecule has 0 aromatic rings. The van der Waals surface area contributed by atoms with Crippen LogP contribution in [0, 0.1) is 0 Å². The van der Waals surface area contributed by atoms with E-state index < -0.39 is 8.56 Å². The zero-order chi connectivity index (χ0) is 11.0. The summed E-state index contributed by atoms with van der Waals surface area (Å²) in [5, 5.41) is 3.31. The largest absolute Gasteiger partial charge is 0.398 e. The van der Waals surface area contributed by atoms with Gasteiger partial charge in [0.1, 0.15) is 0 Å². The van der Waals surface area contributed by atoms with Crippen molar-refractivity contribution in [1.29, 1.82) is 0 Å². The van der Waals surface area contributed by atoms with Crippen molar-refractivity contribution >= 4 is 8.56 Å². The average Bonchev–Trinajstić information content (AvgIpc) is 2.26. The fourth-order valence-electron chi connectivity index (χ4n) is 1.70. The minimum Gasteiger partial charge on any atom is -0.398 e. The molecule has 14 heavy (non-hydrogen) atoms. The summed E-state index contributed by atoms with van der Waals surface area (Å²) in [6.07, 6.45) is 2.31. The Hall–Kier alpha value is 0.0969. The van der Waals surface area contributed by atoms with Crippen molar-refractivity contribution < 1.29 is 8.85 Å². The van der Waals surface area contributed by atoms with Crippen LogP contribution in [0.3, 0.4) is 0 Å². The van der Waals surface area contributed by atoms with Crippen LogP contribution in [0.25, 0.3) is 0 Å². The molecule has 0 amide bonds. The van der Waals surface area contributed by atoms with E-state index in [0.29, 0.717) is 6.04 Å². The fraction of sp³-hybridized carbons (Fsp3) is 1.00. The Morgan fingerprint density at radius 3 is 2.07 bits per heavy atom. The van der Waals surface area contributed by atoms with Crippen LogP contribution in [0.1, 0.15) is 26.7 Å². The van der Waals surface area contributed by atoms with E-state index in [4.69, 9.17) is 8.85 Å². The fourth-order valence-corrected chi connectivity index (χ4v) is 3.99. The molecule has 1 atom stereocenters. The maximum absolute atomic E-state index is 5.56. The average molecular weight is 219 g/mol. The van der Waals surface area contributed by atoms with Crippen molar-refractivity contribution in [3.63, 3.8) is 0 Å². The zero-order valence-electron chi connectivity index (χ0n) is 10.2. The third kappa shape index (κ3) is 4.08. The van der Waals surface area contributed by atoms with E-state index in [1.807, 2.05) is 7.05 Å². The lowest BCUT2D eigenvalue weighted by molar-refractivity contribution is 0.240. The molecule has 0 aromatic heterocycles. The van der Waals surface area contributed by atoms with E-state index in [2.05, 4.69) is 19.2 Å². The maximum Gasteiger partial charge on any atom is 0.337 e. The summed E-state index contributed by atoms with van der Waals surface area (Å²) in [4.78, 5) is 0. The molecule has 0 heterocycles. The van der Waals surface area contributed by atoms with Crippen LogP contribution in [0.4, 0.5) is 0 Å². The number of hydrogen-bond donors (Lipinski definition) is 1. The summed E-state index contributed by atoms with van der Waals surface area (Å²) in [7, 11) is 3.72. The lowest BCUT2D eigenvalue weighted by atomic mass is 10.2. The lowest BCUT2D eigenvalue weighted by Crippen LogP contribution is -2.40. The SMILES string of the molecule is CCC(CC[Si](CC)(OC)OC)NC. The van der Waals surface area contributed by atoms with E-state index in [9.17, 15) is 0 Å². The molecule has 0 aromatic carbocycles. The van der Waals surface area contributed by atoms with Gasteiger partial charge in [-0.1, -0.05) is 13.8 Å². The first-order valence-corrected chi connectivity index (χ1v) is 7.68. The van der Waals surface area contributed by atoms with Gasteiger partial charge in [0.15, 0.2) is 0 Å². The third-order valence-corrected chi connectivity index (χ3v) is 6.67. The molecular weight excluding hydrogens is 194 g/mol. The number of hydrogen-bond acceptors (Lipinski definition) is 3. The van der Waals surface area contributed by atoms with Crippen LogP contribution < -0.4 is 5.32 Å². The highest BCUT2D eigenvalue weighted by Crippen LogP contribution is 2.20. The van der Waals surface area contributed by atoms with Gasteiger partial charge in [0.2, 0.25) is 0 Å². The quantitative estimate of drug-likeness (QED) is 0.634. The first kappa shape index (κ1) is 14.1. The molecule has 0 spiro atoms.